The zero-order valence-corrected chi connectivity index (χ0v) is 15.6. The lowest BCUT2D eigenvalue weighted by Gasteiger charge is -2.42. The highest BCUT2D eigenvalue weighted by molar-refractivity contribution is 5.67. The fourth-order valence-electron chi connectivity index (χ4n) is 3.32. The van der Waals surface area contributed by atoms with Gasteiger partial charge in [0.25, 0.3) is 0 Å². The van der Waals surface area contributed by atoms with Gasteiger partial charge in [-0.25, -0.2) is 4.98 Å². The van der Waals surface area contributed by atoms with Crippen LogP contribution in [0.3, 0.4) is 0 Å². The van der Waals surface area contributed by atoms with Crippen LogP contribution in [-0.2, 0) is 0 Å². The number of anilines is 1. The number of piperazine rings is 1. The Kier molecular flexibility index (Phi) is 4.44. The van der Waals surface area contributed by atoms with E-state index in [4.69, 9.17) is 0 Å². The molecule has 1 aliphatic rings. The third-order valence-electron chi connectivity index (χ3n) is 5.10. The van der Waals surface area contributed by atoms with E-state index in [0.29, 0.717) is 35.0 Å². The number of phenols is 1. The average molecular weight is 366 g/mol. The molecular weight excluding hydrogens is 344 g/mol. The summed E-state index contributed by atoms with van der Waals surface area (Å²) in [6.07, 6.45) is 4.81. The minimum Gasteiger partial charge on any atom is -0.507 e. The maximum Gasteiger partial charge on any atom is 0.245 e. The van der Waals surface area contributed by atoms with E-state index in [2.05, 4.69) is 56.1 Å². The SMILES string of the molecule is C[C@@H]1CN(c2ncc(-c3ccc(-n4nccn4)cc3O)nn2)C[C@H](C)N1C. The smallest absolute Gasteiger partial charge is 0.245 e. The molecule has 1 N–H and O–H groups in total. The van der Waals surface area contributed by atoms with E-state index in [0.717, 1.165) is 13.1 Å². The molecule has 1 aliphatic heterocycles. The lowest BCUT2D eigenvalue weighted by atomic mass is 10.1. The van der Waals surface area contributed by atoms with Crippen LogP contribution in [0.5, 0.6) is 5.75 Å². The molecule has 27 heavy (non-hydrogen) atoms. The second-order valence-electron chi connectivity index (χ2n) is 6.93. The number of benzene rings is 1. The van der Waals surface area contributed by atoms with Crippen molar-refractivity contribution in [3.8, 4) is 22.7 Å². The molecule has 2 atom stereocenters. The zero-order chi connectivity index (χ0) is 19.0. The average Bonchev–Trinajstić information content (AvgIpc) is 3.21. The summed E-state index contributed by atoms with van der Waals surface area (Å²) in [7, 11) is 2.14. The third kappa shape index (κ3) is 3.33. The Labute approximate surface area is 157 Å². The minimum atomic E-state index is 0.0792. The second kappa shape index (κ2) is 6.92. The monoisotopic (exact) mass is 366 g/mol. The van der Waals surface area contributed by atoms with Gasteiger partial charge in [-0.1, -0.05) is 0 Å². The van der Waals surface area contributed by atoms with Crippen molar-refractivity contribution in [2.45, 2.75) is 25.9 Å². The molecule has 0 saturated carbocycles. The molecule has 9 nitrogen and oxygen atoms in total. The molecule has 140 valence electrons. The summed E-state index contributed by atoms with van der Waals surface area (Å²) in [4.78, 5) is 10.4. The summed E-state index contributed by atoms with van der Waals surface area (Å²) < 4.78 is 0. The van der Waals surface area contributed by atoms with Gasteiger partial charge >= 0.3 is 0 Å². The van der Waals surface area contributed by atoms with Crippen molar-refractivity contribution in [3.63, 3.8) is 0 Å². The largest absolute Gasteiger partial charge is 0.507 e. The quantitative estimate of drug-likeness (QED) is 0.742. The van der Waals surface area contributed by atoms with Gasteiger partial charge in [-0.3, -0.25) is 4.90 Å². The van der Waals surface area contributed by atoms with Crippen LogP contribution in [0.4, 0.5) is 5.95 Å². The van der Waals surface area contributed by atoms with Crippen molar-refractivity contribution >= 4 is 5.95 Å². The first-order valence-corrected chi connectivity index (χ1v) is 8.89. The number of likely N-dealkylation sites (N-methyl/N-ethyl adjacent to an activating group) is 1. The molecule has 0 spiro atoms. The molecule has 3 heterocycles. The van der Waals surface area contributed by atoms with E-state index in [9.17, 15) is 5.11 Å². The van der Waals surface area contributed by atoms with Crippen LogP contribution < -0.4 is 4.90 Å². The van der Waals surface area contributed by atoms with Crippen molar-refractivity contribution in [2.75, 3.05) is 25.0 Å². The predicted molar refractivity (Wildman–Crippen MR) is 101 cm³/mol. The number of aromatic hydroxyl groups is 1. The molecule has 1 saturated heterocycles. The van der Waals surface area contributed by atoms with Crippen molar-refractivity contribution < 1.29 is 5.11 Å². The van der Waals surface area contributed by atoms with Crippen LogP contribution in [0.25, 0.3) is 16.9 Å². The Morgan fingerprint density at radius 1 is 1.04 bits per heavy atom. The van der Waals surface area contributed by atoms with Gasteiger partial charge in [0, 0.05) is 36.8 Å². The maximum atomic E-state index is 10.4. The van der Waals surface area contributed by atoms with E-state index in [1.165, 1.54) is 4.80 Å². The Morgan fingerprint density at radius 2 is 1.74 bits per heavy atom. The Bertz CT molecular complexity index is 900. The van der Waals surface area contributed by atoms with Crippen molar-refractivity contribution in [2.24, 2.45) is 0 Å². The molecule has 0 unspecified atom stereocenters. The number of hydrogen-bond acceptors (Lipinski definition) is 8. The predicted octanol–water partition coefficient (Wildman–Crippen LogP) is 1.35. The van der Waals surface area contributed by atoms with E-state index in [1.807, 2.05) is 6.07 Å². The molecule has 0 amide bonds. The first kappa shape index (κ1) is 17.3. The van der Waals surface area contributed by atoms with Crippen LogP contribution in [0.15, 0.2) is 36.8 Å². The number of phenolic OH excluding ortho intramolecular Hbond substituents is 1. The molecule has 4 rings (SSSR count). The summed E-state index contributed by atoms with van der Waals surface area (Å²) in [6, 6.07) is 6.01. The molecule has 0 radical (unpaired) electrons. The van der Waals surface area contributed by atoms with Gasteiger partial charge in [0.15, 0.2) is 0 Å². The highest BCUT2D eigenvalue weighted by Gasteiger charge is 2.28. The number of rotatable bonds is 3. The summed E-state index contributed by atoms with van der Waals surface area (Å²) in [6.45, 7) is 6.11. The molecule has 9 heteroatoms. The van der Waals surface area contributed by atoms with Gasteiger partial charge in [-0.2, -0.15) is 15.0 Å². The van der Waals surface area contributed by atoms with E-state index in [-0.39, 0.29) is 5.75 Å². The fraction of sp³-hybridized carbons (Fsp3) is 0.389. The second-order valence-corrected chi connectivity index (χ2v) is 6.93. The molecule has 2 aromatic heterocycles. The zero-order valence-electron chi connectivity index (χ0n) is 15.6. The van der Waals surface area contributed by atoms with Crippen LogP contribution in [0.1, 0.15) is 13.8 Å². The highest BCUT2D eigenvalue weighted by Crippen LogP contribution is 2.29. The lowest BCUT2D eigenvalue weighted by Crippen LogP contribution is -2.55. The van der Waals surface area contributed by atoms with Gasteiger partial charge in [0.2, 0.25) is 5.95 Å². The number of hydrogen-bond donors (Lipinski definition) is 1. The minimum absolute atomic E-state index is 0.0792. The highest BCUT2D eigenvalue weighted by atomic mass is 16.3. The third-order valence-corrected chi connectivity index (χ3v) is 5.10. The maximum absolute atomic E-state index is 10.4. The molecule has 0 bridgehead atoms. The van der Waals surface area contributed by atoms with Crippen LogP contribution in [0.2, 0.25) is 0 Å². The summed E-state index contributed by atoms with van der Waals surface area (Å²) in [5, 5.41) is 27.1. The Balaban J connectivity index is 1.56. The Morgan fingerprint density at radius 3 is 2.33 bits per heavy atom. The fourth-order valence-corrected chi connectivity index (χ4v) is 3.32. The summed E-state index contributed by atoms with van der Waals surface area (Å²) in [5.74, 6) is 0.692. The first-order chi connectivity index (χ1) is 13.0. The van der Waals surface area contributed by atoms with Crippen LogP contribution in [-0.4, -0.2) is 72.4 Å². The van der Waals surface area contributed by atoms with E-state index >= 15 is 0 Å². The van der Waals surface area contributed by atoms with E-state index in [1.54, 1.807) is 30.7 Å². The molecular formula is C18H22N8O. The van der Waals surface area contributed by atoms with Crippen molar-refractivity contribution in [1.29, 1.82) is 0 Å². The van der Waals surface area contributed by atoms with Gasteiger partial charge in [-0.05, 0) is 33.0 Å². The van der Waals surface area contributed by atoms with Gasteiger partial charge in [-0.15, -0.1) is 10.2 Å². The van der Waals surface area contributed by atoms with Crippen molar-refractivity contribution in [1.82, 2.24) is 35.1 Å². The summed E-state index contributed by atoms with van der Waals surface area (Å²) in [5.41, 5.74) is 1.75. The van der Waals surface area contributed by atoms with Crippen molar-refractivity contribution in [3.05, 3.63) is 36.8 Å². The van der Waals surface area contributed by atoms with E-state index < -0.39 is 0 Å². The van der Waals surface area contributed by atoms with Gasteiger partial charge in [0.05, 0.1) is 24.3 Å². The topological polar surface area (TPSA) is 96.1 Å². The molecule has 1 aromatic carbocycles. The molecule has 0 aliphatic carbocycles. The summed E-state index contributed by atoms with van der Waals surface area (Å²) >= 11 is 0. The van der Waals surface area contributed by atoms with Gasteiger partial charge < -0.3 is 10.0 Å². The number of nitrogens with zero attached hydrogens (tertiary/aromatic N) is 8. The van der Waals surface area contributed by atoms with Gasteiger partial charge in [0.1, 0.15) is 11.4 Å². The molecule has 3 aromatic rings. The first-order valence-electron chi connectivity index (χ1n) is 8.89. The lowest BCUT2D eigenvalue weighted by molar-refractivity contribution is 0.169. The molecule has 1 fully saturated rings. The van der Waals surface area contributed by atoms with Crippen LogP contribution >= 0.6 is 0 Å². The van der Waals surface area contributed by atoms with Crippen LogP contribution in [0, 0.1) is 0 Å². The standard InChI is InChI=1S/C18H22N8O/c1-12-10-25(11-13(2)24(12)3)18-19-9-16(22-23-18)15-5-4-14(8-17(15)27)26-20-6-7-21-26/h4-9,12-13,27H,10-11H2,1-3H3/t12-,13+. The Hall–Kier alpha value is -3.07. The number of aromatic nitrogens is 6. The normalized spacial score (nSPS) is 20.8.